The number of piperidine rings is 1. The molecule has 6 heteroatoms. The van der Waals surface area contributed by atoms with Crippen LogP contribution in [0.3, 0.4) is 0 Å². The van der Waals surface area contributed by atoms with Crippen molar-refractivity contribution in [2.45, 2.75) is 30.7 Å². The van der Waals surface area contributed by atoms with Crippen molar-refractivity contribution in [1.82, 2.24) is 14.5 Å². The number of thioether (sulfide) groups is 1. The van der Waals surface area contributed by atoms with Gasteiger partial charge in [-0.3, -0.25) is 9.36 Å². The van der Waals surface area contributed by atoms with Crippen LogP contribution in [0.4, 0.5) is 0 Å². The van der Waals surface area contributed by atoms with Crippen molar-refractivity contribution in [2.75, 3.05) is 19.3 Å². The van der Waals surface area contributed by atoms with E-state index in [4.69, 9.17) is 0 Å². The van der Waals surface area contributed by atoms with Crippen LogP contribution in [0.2, 0.25) is 0 Å². The van der Waals surface area contributed by atoms with Crippen molar-refractivity contribution in [3.05, 3.63) is 64.1 Å². The Bertz CT molecular complexity index is 1050. The third-order valence-electron chi connectivity index (χ3n) is 5.42. The molecular weight excluding hydrogens is 358 g/mol. The number of rotatable bonds is 3. The van der Waals surface area contributed by atoms with Gasteiger partial charge in [-0.2, -0.15) is 0 Å². The number of aryl methyl sites for hydroxylation is 1. The van der Waals surface area contributed by atoms with E-state index in [9.17, 15) is 9.59 Å². The molecule has 2 aromatic carbocycles. The monoisotopic (exact) mass is 381 g/mol. The summed E-state index contributed by atoms with van der Waals surface area (Å²) in [5.41, 5.74) is 3.53. The van der Waals surface area contributed by atoms with Crippen molar-refractivity contribution >= 4 is 28.7 Å². The second kappa shape index (κ2) is 7.27. The second-order valence-corrected chi connectivity index (χ2v) is 7.90. The third-order valence-corrected chi connectivity index (χ3v) is 6.14. The van der Waals surface area contributed by atoms with Gasteiger partial charge in [-0.15, -0.1) is 11.8 Å². The first-order chi connectivity index (χ1) is 13.1. The predicted octanol–water partition coefficient (Wildman–Crippen LogP) is 3.84. The van der Waals surface area contributed by atoms with E-state index in [2.05, 4.69) is 4.98 Å². The Balaban J connectivity index is 1.53. The first-order valence-electron chi connectivity index (χ1n) is 9.21. The molecule has 3 aromatic rings. The maximum Gasteiger partial charge on any atom is 0.326 e. The van der Waals surface area contributed by atoms with Gasteiger partial charge < -0.3 is 9.88 Å². The Morgan fingerprint density at radius 2 is 1.89 bits per heavy atom. The number of hydrogen-bond acceptors (Lipinski definition) is 3. The Kier molecular flexibility index (Phi) is 4.83. The minimum absolute atomic E-state index is 0.0653. The number of likely N-dealkylation sites (tertiary alicyclic amines) is 1. The molecule has 1 aliphatic heterocycles. The normalized spacial score (nSPS) is 15.4. The van der Waals surface area contributed by atoms with Gasteiger partial charge in [-0.25, -0.2) is 4.79 Å². The lowest BCUT2D eigenvalue weighted by Gasteiger charge is -2.33. The third kappa shape index (κ3) is 3.30. The summed E-state index contributed by atoms with van der Waals surface area (Å²) in [5.74, 6) is 0.0909. The van der Waals surface area contributed by atoms with Crippen LogP contribution in [0.25, 0.3) is 11.0 Å². The van der Waals surface area contributed by atoms with E-state index in [1.807, 2.05) is 65.1 Å². The molecule has 0 bridgehead atoms. The first kappa shape index (κ1) is 17.9. The number of nitrogens with zero attached hydrogens (tertiary/aromatic N) is 2. The number of imidazole rings is 1. The molecular formula is C21H23N3O2S. The predicted molar refractivity (Wildman–Crippen MR) is 110 cm³/mol. The van der Waals surface area contributed by atoms with Crippen molar-refractivity contribution in [3.63, 3.8) is 0 Å². The van der Waals surface area contributed by atoms with E-state index >= 15 is 0 Å². The van der Waals surface area contributed by atoms with Gasteiger partial charge in [0.05, 0.1) is 11.0 Å². The van der Waals surface area contributed by atoms with Gasteiger partial charge in [0.25, 0.3) is 5.91 Å². The summed E-state index contributed by atoms with van der Waals surface area (Å²) in [5, 5.41) is 0. The molecule has 1 saturated heterocycles. The maximum atomic E-state index is 13.0. The lowest BCUT2D eigenvalue weighted by Crippen LogP contribution is -2.40. The molecule has 2 heterocycles. The number of para-hydroxylation sites is 2. The zero-order valence-corrected chi connectivity index (χ0v) is 16.4. The number of aromatic amines is 1. The number of hydrogen-bond donors (Lipinski definition) is 1. The molecule has 1 fully saturated rings. The van der Waals surface area contributed by atoms with Crippen molar-refractivity contribution in [1.29, 1.82) is 0 Å². The molecule has 0 radical (unpaired) electrons. The maximum absolute atomic E-state index is 13.0. The highest BCUT2D eigenvalue weighted by atomic mass is 32.2. The SMILES string of the molecule is CSc1ccc(C)c(C(=O)N2CCC(n3c(=O)[nH]c4ccccc43)CC2)c1. The molecule has 0 unspecified atom stereocenters. The fourth-order valence-corrected chi connectivity index (χ4v) is 4.33. The highest BCUT2D eigenvalue weighted by molar-refractivity contribution is 7.98. The fourth-order valence-electron chi connectivity index (χ4n) is 3.89. The summed E-state index contributed by atoms with van der Waals surface area (Å²) in [4.78, 5) is 31.4. The number of fused-ring (bicyclic) bond motifs is 1. The fraction of sp³-hybridized carbons (Fsp3) is 0.333. The Hall–Kier alpha value is -2.47. The molecule has 140 valence electrons. The summed E-state index contributed by atoms with van der Waals surface area (Å²) in [7, 11) is 0. The summed E-state index contributed by atoms with van der Waals surface area (Å²) in [6.45, 7) is 3.31. The van der Waals surface area contributed by atoms with Gasteiger partial charge in [0.1, 0.15) is 0 Å². The van der Waals surface area contributed by atoms with Crippen LogP contribution >= 0.6 is 11.8 Å². The summed E-state index contributed by atoms with van der Waals surface area (Å²) < 4.78 is 1.86. The van der Waals surface area contributed by atoms with E-state index in [1.54, 1.807) is 11.8 Å². The van der Waals surface area contributed by atoms with Crippen LogP contribution in [0.1, 0.15) is 34.8 Å². The quantitative estimate of drug-likeness (QED) is 0.702. The summed E-state index contributed by atoms with van der Waals surface area (Å²) in [6, 6.07) is 13.9. The second-order valence-electron chi connectivity index (χ2n) is 7.02. The van der Waals surface area contributed by atoms with E-state index in [0.717, 1.165) is 39.9 Å². The number of amides is 1. The Labute approximate surface area is 162 Å². The van der Waals surface area contributed by atoms with Crippen LogP contribution in [0.15, 0.2) is 52.2 Å². The van der Waals surface area contributed by atoms with Gasteiger partial charge >= 0.3 is 5.69 Å². The average molecular weight is 382 g/mol. The molecule has 0 saturated carbocycles. The van der Waals surface area contributed by atoms with Crippen molar-refractivity contribution in [3.8, 4) is 0 Å². The van der Waals surface area contributed by atoms with Crippen LogP contribution < -0.4 is 5.69 Å². The molecule has 0 spiro atoms. The zero-order valence-electron chi connectivity index (χ0n) is 15.6. The lowest BCUT2D eigenvalue weighted by atomic mass is 10.0. The number of carbonyl (C=O) groups excluding carboxylic acids is 1. The largest absolute Gasteiger partial charge is 0.338 e. The molecule has 27 heavy (non-hydrogen) atoms. The minimum Gasteiger partial charge on any atom is -0.338 e. The molecule has 0 aliphatic carbocycles. The van der Waals surface area contributed by atoms with Crippen LogP contribution in [-0.2, 0) is 0 Å². The highest BCUT2D eigenvalue weighted by Crippen LogP contribution is 2.27. The van der Waals surface area contributed by atoms with Gasteiger partial charge in [-0.05, 0) is 55.9 Å². The van der Waals surface area contributed by atoms with Gasteiger partial charge in [0.15, 0.2) is 0 Å². The Morgan fingerprint density at radius 3 is 2.63 bits per heavy atom. The van der Waals surface area contributed by atoms with E-state index in [1.165, 1.54) is 0 Å². The molecule has 1 aliphatic rings. The van der Waals surface area contributed by atoms with E-state index in [0.29, 0.717) is 13.1 Å². The number of benzene rings is 2. The van der Waals surface area contributed by atoms with E-state index < -0.39 is 0 Å². The average Bonchev–Trinajstić information content (AvgIpc) is 3.03. The Morgan fingerprint density at radius 1 is 1.15 bits per heavy atom. The molecule has 5 nitrogen and oxygen atoms in total. The highest BCUT2D eigenvalue weighted by Gasteiger charge is 2.27. The summed E-state index contributed by atoms with van der Waals surface area (Å²) in [6.07, 6.45) is 3.59. The molecule has 4 rings (SSSR count). The molecule has 0 atom stereocenters. The van der Waals surface area contributed by atoms with Gasteiger partial charge in [-0.1, -0.05) is 18.2 Å². The first-order valence-corrected chi connectivity index (χ1v) is 10.4. The zero-order chi connectivity index (χ0) is 19.0. The van der Waals surface area contributed by atoms with Crippen LogP contribution in [-0.4, -0.2) is 39.7 Å². The molecule has 1 N–H and O–H groups in total. The van der Waals surface area contributed by atoms with Gasteiger partial charge in [0.2, 0.25) is 0 Å². The summed E-state index contributed by atoms with van der Waals surface area (Å²) >= 11 is 1.64. The standard InChI is InChI=1S/C21H23N3O2S/c1-14-7-8-16(27-2)13-17(14)20(25)23-11-9-15(10-12-23)24-19-6-4-3-5-18(19)22-21(24)26/h3-8,13,15H,9-12H2,1-2H3,(H,22,26). The number of nitrogens with one attached hydrogen (secondary N) is 1. The minimum atomic E-state index is -0.0653. The van der Waals surface area contributed by atoms with Crippen molar-refractivity contribution in [2.24, 2.45) is 0 Å². The van der Waals surface area contributed by atoms with E-state index in [-0.39, 0.29) is 17.6 Å². The number of carbonyl (C=O) groups is 1. The smallest absolute Gasteiger partial charge is 0.326 e. The number of aromatic nitrogens is 2. The van der Waals surface area contributed by atoms with Crippen LogP contribution in [0, 0.1) is 6.92 Å². The molecule has 1 amide bonds. The lowest BCUT2D eigenvalue weighted by molar-refractivity contribution is 0.0694. The topological polar surface area (TPSA) is 58.1 Å². The van der Waals surface area contributed by atoms with Gasteiger partial charge in [0, 0.05) is 29.6 Å². The van der Waals surface area contributed by atoms with Crippen LogP contribution in [0.5, 0.6) is 0 Å². The number of H-pyrrole nitrogens is 1. The molecule has 1 aromatic heterocycles. The van der Waals surface area contributed by atoms with Crippen molar-refractivity contribution < 1.29 is 4.79 Å².